The average molecular weight is 224 g/mol. The first-order chi connectivity index (χ1) is 6.86. The second kappa shape index (κ2) is 4.99. The Morgan fingerprint density at radius 2 is 2.20 bits per heavy atom. The van der Waals surface area contributed by atoms with Crippen LogP contribution in [0.1, 0.15) is 29.4 Å². The molecule has 2 nitrogen and oxygen atoms in total. The first-order valence-electron chi connectivity index (χ1n) is 4.91. The van der Waals surface area contributed by atoms with Gasteiger partial charge in [-0.3, -0.25) is 4.79 Å². The van der Waals surface area contributed by atoms with Crippen LogP contribution in [-0.4, -0.2) is 10.7 Å². The molecule has 3 heteroatoms. The van der Waals surface area contributed by atoms with Crippen molar-refractivity contribution in [1.29, 1.82) is 0 Å². The topological polar surface area (TPSA) is 21.5 Å². The quantitative estimate of drug-likeness (QED) is 0.733. The van der Waals surface area contributed by atoms with E-state index >= 15 is 0 Å². The van der Waals surface area contributed by atoms with Crippen molar-refractivity contribution in [1.82, 2.24) is 4.40 Å². The molecule has 15 heavy (non-hydrogen) atoms. The van der Waals surface area contributed by atoms with Gasteiger partial charge in [-0.05, 0) is 30.2 Å². The highest BCUT2D eigenvalue weighted by molar-refractivity contribution is 5.85. The Morgan fingerprint density at radius 1 is 1.40 bits per heavy atom. The minimum absolute atomic E-state index is 0. The van der Waals surface area contributed by atoms with Gasteiger partial charge in [-0.1, -0.05) is 19.4 Å². The summed E-state index contributed by atoms with van der Waals surface area (Å²) in [6.07, 6.45) is 4.91. The van der Waals surface area contributed by atoms with Crippen molar-refractivity contribution in [3.63, 3.8) is 0 Å². The van der Waals surface area contributed by atoms with E-state index in [9.17, 15) is 4.79 Å². The molecule has 0 aliphatic carbocycles. The lowest BCUT2D eigenvalue weighted by Crippen LogP contribution is -1.93. The number of hydrogen-bond donors (Lipinski definition) is 0. The molecule has 0 atom stereocenters. The number of fused-ring (bicyclic) bond motifs is 1. The van der Waals surface area contributed by atoms with Gasteiger partial charge in [-0.15, -0.1) is 12.4 Å². The Kier molecular flexibility index (Phi) is 3.92. The Labute approximate surface area is 95.3 Å². The van der Waals surface area contributed by atoms with Gasteiger partial charge in [0.05, 0.1) is 5.69 Å². The number of nitrogens with zero attached hydrogens (tertiary/aromatic N) is 1. The molecule has 0 aliphatic rings. The number of rotatable bonds is 3. The lowest BCUT2D eigenvalue weighted by molar-refractivity contribution is 0.111. The normalized spacial score (nSPS) is 9.93. The van der Waals surface area contributed by atoms with E-state index in [0.29, 0.717) is 0 Å². The number of carbonyl (C=O) groups excluding carboxylic acids is 1. The van der Waals surface area contributed by atoms with Crippen LogP contribution in [0.4, 0.5) is 0 Å². The number of pyridine rings is 1. The molecule has 0 saturated heterocycles. The van der Waals surface area contributed by atoms with Crippen LogP contribution >= 0.6 is 12.4 Å². The number of aryl methyl sites for hydroxylation is 1. The maximum absolute atomic E-state index is 11.0. The molecule has 80 valence electrons. The summed E-state index contributed by atoms with van der Waals surface area (Å²) in [4.78, 5) is 11.0. The van der Waals surface area contributed by atoms with Gasteiger partial charge in [-0.2, -0.15) is 0 Å². The predicted octanol–water partition coefficient (Wildman–Crippen LogP) is 3.13. The van der Waals surface area contributed by atoms with Gasteiger partial charge in [0, 0.05) is 11.7 Å². The summed E-state index contributed by atoms with van der Waals surface area (Å²) in [5.41, 5.74) is 3.04. The Hall–Kier alpha value is -1.28. The molecule has 2 aromatic rings. The Bertz CT molecular complexity index is 462. The first-order valence-corrected chi connectivity index (χ1v) is 4.91. The third kappa shape index (κ3) is 2.05. The van der Waals surface area contributed by atoms with Gasteiger partial charge in [0.15, 0.2) is 6.29 Å². The molecule has 0 fully saturated rings. The summed E-state index contributed by atoms with van der Waals surface area (Å²) >= 11 is 0. The fourth-order valence-electron chi connectivity index (χ4n) is 1.80. The minimum atomic E-state index is 0. The van der Waals surface area contributed by atoms with Crippen molar-refractivity contribution in [3.05, 3.63) is 41.7 Å². The molecule has 0 bridgehead atoms. The fraction of sp³-hybridized carbons (Fsp3) is 0.250. The van der Waals surface area contributed by atoms with E-state index in [1.165, 1.54) is 0 Å². The molecule has 2 aromatic heterocycles. The summed E-state index contributed by atoms with van der Waals surface area (Å²) in [6.45, 7) is 2.12. The number of aromatic nitrogens is 1. The highest BCUT2D eigenvalue weighted by atomic mass is 35.5. The van der Waals surface area contributed by atoms with Crippen LogP contribution in [0.3, 0.4) is 0 Å². The second-order valence-corrected chi connectivity index (χ2v) is 3.42. The summed E-state index contributed by atoms with van der Waals surface area (Å²) in [7, 11) is 0. The highest BCUT2D eigenvalue weighted by Crippen LogP contribution is 2.16. The monoisotopic (exact) mass is 223 g/mol. The molecule has 0 N–H and O–H groups in total. The molecule has 0 amide bonds. The molecule has 0 radical (unpaired) electrons. The van der Waals surface area contributed by atoms with Gasteiger partial charge < -0.3 is 4.40 Å². The van der Waals surface area contributed by atoms with Crippen molar-refractivity contribution in [3.8, 4) is 0 Å². The largest absolute Gasteiger partial charge is 0.314 e. The van der Waals surface area contributed by atoms with Crippen molar-refractivity contribution in [2.45, 2.75) is 19.8 Å². The molecule has 0 aromatic carbocycles. The van der Waals surface area contributed by atoms with Gasteiger partial charge in [-0.25, -0.2) is 0 Å². The van der Waals surface area contributed by atoms with Gasteiger partial charge >= 0.3 is 0 Å². The molecular weight excluding hydrogens is 210 g/mol. The number of halogens is 1. The standard InChI is InChI=1S/C12H13NO.ClH/c1-2-5-10-8-11-6-3-4-7-13(11)12(10)9-14;/h3-4,6-9H,2,5H2,1H3;1H. The van der Waals surface area contributed by atoms with Crippen molar-refractivity contribution in [2.75, 3.05) is 0 Å². The lowest BCUT2D eigenvalue weighted by atomic mass is 10.1. The predicted molar refractivity (Wildman–Crippen MR) is 64.0 cm³/mol. The maximum Gasteiger partial charge on any atom is 0.167 e. The SMILES string of the molecule is CCCc1cc2ccccn2c1C=O.Cl. The van der Waals surface area contributed by atoms with E-state index in [2.05, 4.69) is 13.0 Å². The third-order valence-corrected chi connectivity index (χ3v) is 2.43. The Morgan fingerprint density at radius 3 is 2.87 bits per heavy atom. The van der Waals surface area contributed by atoms with Crippen molar-refractivity contribution in [2.24, 2.45) is 0 Å². The van der Waals surface area contributed by atoms with E-state index in [4.69, 9.17) is 0 Å². The summed E-state index contributed by atoms with van der Waals surface area (Å²) in [5.74, 6) is 0. The highest BCUT2D eigenvalue weighted by Gasteiger charge is 2.07. The molecule has 0 unspecified atom stereocenters. The minimum Gasteiger partial charge on any atom is -0.314 e. The van der Waals surface area contributed by atoms with Crippen LogP contribution in [0.15, 0.2) is 30.5 Å². The number of hydrogen-bond acceptors (Lipinski definition) is 1. The summed E-state index contributed by atoms with van der Waals surface area (Å²) < 4.78 is 1.94. The molecule has 2 rings (SSSR count). The van der Waals surface area contributed by atoms with Gasteiger partial charge in [0.25, 0.3) is 0 Å². The van der Waals surface area contributed by atoms with Crippen LogP contribution in [-0.2, 0) is 6.42 Å². The zero-order valence-corrected chi connectivity index (χ0v) is 9.46. The van der Waals surface area contributed by atoms with E-state index in [-0.39, 0.29) is 12.4 Å². The lowest BCUT2D eigenvalue weighted by Gasteiger charge is -1.97. The van der Waals surface area contributed by atoms with E-state index in [1.54, 1.807) is 0 Å². The van der Waals surface area contributed by atoms with E-state index in [1.807, 2.05) is 28.8 Å². The van der Waals surface area contributed by atoms with Crippen molar-refractivity contribution >= 4 is 24.2 Å². The fourth-order valence-corrected chi connectivity index (χ4v) is 1.80. The Balaban J connectivity index is 0.00000112. The third-order valence-electron chi connectivity index (χ3n) is 2.43. The van der Waals surface area contributed by atoms with E-state index in [0.717, 1.165) is 35.9 Å². The smallest absolute Gasteiger partial charge is 0.167 e. The van der Waals surface area contributed by atoms with Gasteiger partial charge in [0.2, 0.25) is 0 Å². The number of aldehydes is 1. The second-order valence-electron chi connectivity index (χ2n) is 3.42. The van der Waals surface area contributed by atoms with Crippen LogP contribution in [0, 0.1) is 0 Å². The maximum atomic E-state index is 11.0. The summed E-state index contributed by atoms with van der Waals surface area (Å²) in [6, 6.07) is 8.04. The van der Waals surface area contributed by atoms with Crippen LogP contribution in [0.25, 0.3) is 5.52 Å². The average Bonchev–Trinajstić information content (AvgIpc) is 2.55. The van der Waals surface area contributed by atoms with Crippen LogP contribution in [0.2, 0.25) is 0 Å². The summed E-state index contributed by atoms with van der Waals surface area (Å²) in [5, 5.41) is 0. The zero-order chi connectivity index (χ0) is 9.97. The molecule has 0 spiro atoms. The molecular formula is C12H14ClNO. The number of carbonyl (C=O) groups is 1. The van der Waals surface area contributed by atoms with Crippen LogP contribution in [0.5, 0.6) is 0 Å². The van der Waals surface area contributed by atoms with Crippen LogP contribution < -0.4 is 0 Å². The molecule has 2 heterocycles. The first kappa shape index (κ1) is 11.8. The van der Waals surface area contributed by atoms with Crippen molar-refractivity contribution < 1.29 is 4.79 Å². The van der Waals surface area contributed by atoms with E-state index < -0.39 is 0 Å². The van der Waals surface area contributed by atoms with Gasteiger partial charge in [0.1, 0.15) is 0 Å². The molecule has 0 aliphatic heterocycles. The molecule has 0 saturated carbocycles. The zero-order valence-electron chi connectivity index (χ0n) is 8.64.